The van der Waals surface area contributed by atoms with Crippen molar-refractivity contribution in [3.05, 3.63) is 89.9 Å². The van der Waals surface area contributed by atoms with Gasteiger partial charge < -0.3 is 19.9 Å². The van der Waals surface area contributed by atoms with Crippen molar-refractivity contribution in [2.45, 2.75) is 76.2 Å². The molecular weight excluding hydrogens is 731 g/mol. The Morgan fingerprint density at radius 1 is 0.948 bits per heavy atom. The van der Waals surface area contributed by atoms with E-state index >= 15 is 0 Å². The van der Waals surface area contributed by atoms with Crippen LogP contribution in [-0.2, 0) is 9.59 Å². The number of anilines is 2. The maximum Gasteiger partial charge on any atom is 0.256 e. The van der Waals surface area contributed by atoms with Crippen molar-refractivity contribution in [3.63, 3.8) is 0 Å². The Hall–Kier alpha value is -5.87. The van der Waals surface area contributed by atoms with E-state index in [1.165, 1.54) is 82.3 Å². The minimum absolute atomic E-state index is 0.197. The van der Waals surface area contributed by atoms with Gasteiger partial charge in [-0.15, -0.1) is 0 Å². The number of pyridine rings is 2. The highest BCUT2D eigenvalue weighted by molar-refractivity contribution is 6.07. The van der Waals surface area contributed by atoms with Gasteiger partial charge in [-0.1, -0.05) is 12.1 Å². The van der Waals surface area contributed by atoms with Crippen molar-refractivity contribution in [2.75, 3.05) is 50.1 Å². The van der Waals surface area contributed by atoms with Crippen LogP contribution >= 0.6 is 0 Å². The molecule has 298 valence electrons. The van der Waals surface area contributed by atoms with E-state index in [1.54, 1.807) is 13.3 Å². The number of imide groups is 1. The number of nitrogens with one attached hydrogen (secondary N) is 2. The molecule has 1 atom stereocenters. The van der Waals surface area contributed by atoms with Crippen LogP contribution < -0.4 is 20.3 Å². The monoisotopic (exact) mass is 779 g/mol. The molecule has 3 saturated heterocycles. The average Bonchev–Trinajstić information content (AvgIpc) is 3.67. The van der Waals surface area contributed by atoms with Gasteiger partial charge in [0.2, 0.25) is 17.5 Å². The first-order valence-electron chi connectivity index (χ1n) is 20.7. The van der Waals surface area contributed by atoms with Gasteiger partial charge in [-0.2, -0.15) is 5.10 Å². The molecule has 9 rings (SSSR count). The zero-order chi connectivity index (χ0) is 39.8. The molecule has 1 unspecified atom stereocenters. The average molecular weight is 780 g/mol. The molecule has 1 spiro atoms. The lowest BCUT2D eigenvalue weighted by Crippen LogP contribution is -2.48. The Labute approximate surface area is 338 Å². The second-order valence-corrected chi connectivity index (χ2v) is 16.8. The van der Waals surface area contributed by atoms with Crippen LogP contribution in [0, 0.1) is 17.9 Å². The maximum atomic E-state index is 13.0. The number of aromatic nitrogens is 4. The predicted octanol–water partition coefficient (Wildman–Crippen LogP) is 7.43. The number of amides is 3. The summed E-state index contributed by atoms with van der Waals surface area (Å²) in [4.78, 5) is 54.7. The lowest BCUT2D eigenvalue weighted by molar-refractivity contribution is -0.134. The van der Waals surface area contributed by atoms with Gasteiger partial charge in [0.1, 0.15) is 5.75 Å². The molecule has 13 heteroatoms. The quantitative estimate of drug-likeness (QED) is 0.122. The zero-order valence-corrected chi connectivity index (χ0v) is 33.0. The third-order valence-corrected chi connectivity index (χ3v) is 13.4. The van der Waals surface area contributed by atoms with E-state index in [4.69, 9.17) is 16.4 Å². The number of likely N-dealkylation sites (tertiary alicyclic amines) is 1. The maximum absolute atomic E-state index is 13.0. The summed E-state index contributed by atoms with van der Waals surface area (Å²) in [5, 5.41) is 13.5. The van der Waals surface area contributed by atoms with Crippen LogP contribution in [0.25, 0.3) is 26.5 Å². The fraction of sp³-hybridized carbons (Fsp3) is 0.444. The molecule has 58 heavy (non-hydrogen) atoms. The number of nitrogens with zero attached hydrogens (tertiary/aromatic N) is 7. The predicted molar refractivity (Wildman–Crippen MR) is 222 cm³/mol. The van der Waals surface area contributed by atoms with Crippen LogP contribution in [0.4, 0.5) is 17.1 Å². The molecule has 0 bridgehead atoms. The zero-order valence-electron chi connectivity index (χ0n) is 33.0. The van der Waals surface area contributed by atoms with E-state index in [1.807, 2.05) is 18.3 Å². The van der Waals surface area contributed by atoms with Crippen molar-refractivity contribution in [2.24, 2.45) is 11.3 Å². The molecule has 13 nitrogen and oxygen atoms in total. The Morgan fingerprint density at radius 2 is 1.72 bits per heavy atom. The Kier molecular flexibility index (Phi) is 10.3. The highest BCUT2D eigenvalue weighted by Gasteiger charge is 2.39. The number of hydrogen-bond acceptors (Lipinski definition) is 9. The van der Waals surface area contributed by atoms with Crippen LogP contribution in [0.1, 0.15) is 92.1 Å². The van der Waals surface area contributed by atoms with Crippen LogP contribution in [0.15, 0.2) is 67.4 Å². The largest absolute Gasteiger partial charge is 0.494 e. The van der Waals surface area contributed by atoms with Crippen molar-refractivity contribution in [1.82, 2.24) is 30.0 Å². The van der Waals surface area contributed by atoms with Crippen LogP contribution in [0.3, 0.4) is 0 Å². The van der Waals surface area contributed by atoms with Gasteiger partial charge >= 0.3 is 0 Å². The molecule has 3 amide bonds. The lowest BCUT2D eigenvalue weighted by Gasteiger charge is -2.48. The first kappa shape index (κ1) is 37.7. The van der Waals surface area contributed by atoms with Gasteiger partial charge in [0.05, 0.1) is 36.8 Å². The molecule has 4 fully saturated rings. The molecule has 3 aliphatic heterocycles. The van der Waals surface area contributed by atoms with Gasteiger partial charge in [0.15, 0.2) is 0 Å². The van der Waals surface area contributed by atoms with E-state index in [0.29, 0.717) is 52.9 Å². The topological polar surface area (TPSA) is 139 Å². The Morgan fingerprint density at radius 3 is 2.48 bits per heavy atom. The minimum Gasteiger partial charge on any atom is -0.494 e. The number of benzene rings is 2. The lowest BCUT2D eigenvalue weighted by atomic mass is 9.71. The first-order valence-corrected chi connectivity index (χ1v) is 20.7. The van der Waals surface area contributed by atoms with E-state index in [9.17, 15) is 14.4 Å². The fourth-order valence-corrected chi connectivity index (χ4v) is 9.97. The Bertz CT molecular complexity index is 2410. The molecule has 1 aliphatic carbocycles. The number of ether oxygens (including phenoxy) is 1. The number of piperidine rings is 3. The molecule has 4 aliphatic rings. The Balaban J connectivity index is 0.768. The summed E-state index contributed by atoms with van der Waals surface area (Å²) >= 11 is 0. The number of fused-ring (bicyclic) bond motifs is 2. The van der Waals surface area contributed by atoms with Gasteiger partial charge in [-0.25, -0.2) is 4.85 Å². The van der Waals surface area contributed by atoms with Gasteiger partial charge in [-0.3, -0.25) is 34.4 Å². The molecule has 1 saturated carbocycles. The second kappa shape index (κ2) is 15.8. The van der Waals surface area contributed by atoms with E-state index < -0.39 is 0 Å². The smallest absolute Gasteiger partial charge is 0.256 e. The van der Waals surface area contributed by atoms with Crippen molar-refractivity contribution in [1.29, 1.82) is 0 Å². The fourth-order valence-electron chi connectivity index (χ4n) is 9.97. The summed E-state index contributed by atoms with van der Waals surface area (Å²) in [7, 11) is 1.58. The molecule has 3 aromatic heterocycles. The van der Waals surface area contributed by atoms with Crippen LogP contribution in [-0.4, -0.2) is 82.2 Å². The van der Waals surface area contributed by atoms with Crippen LogP contribution in [0.2, 0.25) is 0 Å². The summed E-state index contributed by atoms with van der Waals surface area (Å²) in [6.07, 6.45) is 19.0. The summed E-state index contributed by atoms with van der Waals surface area (Å²) < 4.78 is 7.73. The number of carbonyl (C=O) groups is 3. The highest BCUT2D eigenvalue weighted by Crippen LogP contribution is 2.44. The molecule has 6 heterocycles. The molecule has 0 radical (unpaired) electrons. The van der Waals surface area contributed by atoms with E-state index in [-0.39, 0.29) is 23.6 Å². The number of methoxy groups -OCH3 is 1. The molecule has 2 aromatic carbocycles. The number of hydrogen-bond donors (Lipinski definition) is 2. The van der Waals surface area contributed by atoms with Crippen molar-refractivity contribution in [3.8, 4) is 5.75 Å². The van der Waals surface area contributed by atoms with Crippen molar-refractivity contribution < 1.29 is 19.1 Å². The molecular formula is C45H49N9O4. The second-order valence-electron chi connectivity index (χ2n) is 16.8. The van der Waals surface area contributed by atoms with Gasteiger partial charge in [-0.05, 0) is 111 Å². The molecule has 5 aromatic rings. The summed E-state index contributed by atoms with van der Waals surface area (Å²) in [6.45, 7) is 12.8. The number of rotatable bonds is 8. The minimum atomic E-state index is -0.352. The van der Waals surface area contributed by atoms with E-state index in [0.717, 1.165) is 53.2 Å². The van der Waals surface area contributed by atoms with E-state index in [2.05, 4.69) is 64.3 Å². The normalized spacial score (nSPS) is 22.5. The van der Waals surface area contributed by atoms with Crippen LogP contribution in [0.5, 0.6) is 5.75 Å². The summed E-state index contributed by atoms with van der Waals surface area (Å²) in [5.41, 5.74) is 4.51. The summed E-state index contributed by atoms with van der Waals surface area (Å²) in [6, 6.07) is 12.0. The third kappa shape index (κ3) is 7.49. The number of carbonyl (C=O) groups excluding carboxylic acids is 3. The van der Waals surface area contributed by atoms with Gasteiger partial charge in [0, 0.05) is 85.1 Å². The molecule has 2 N–H and O–H groups in total. The third-order valence-electron chi connectivity index (χ3n) is 13.4. The van der Waals surface area contributed by atoms with Gasteiger partial charge in [0.25, 0.3) is 5.91 Å². The first-order chi connectivity index (χ1) is 28.3. The highest BCUT2D eigenvalue weighted by atomic mass is 16.5. The summed E-state index contributed by atoms with van der Waals surface area (Å²) in [5.74, 6) is 0.103. The standard InChI is InChI=1S/C45H49N9O4/c1-46-32-20-30(23-47-24-32)43(56)49-39-21-31-28-54(51-38(31)22-41(39)58-2)33-8-6-29(7-9-33)27-52-16-12-45(13-17-52)14-18-53(19-15-45)40-5-3-4-34-36(25-48-26-37(34)40)35-10-11-42(55)50-44(35)57/h3-5,20-26,28-29,33,35H,6-19,27H2,2H3,(H,49,56)(H,50,55,57). The van der Waals surface area contributed by atoms with Crippen molar-refractivity contribution >= 4 is 56.5 Å². The SMILES string of the molecule is [C-]#[N+]c1cncc(C(=O)Nc2cc3cn(C4CCC(CN5CCC6(CC5)CCN(c5cccc7c(C8CCC(=O)NC8=O)cncc57)CC6)CC4)nc3cc2OC)c1.